The van der Waals surface area contributed by atoms with Crippen molar-refractivity contribution >= 4 is 12.0 Å². The van der Waals surface area contributed by atoms with E-state index in [0.29, 0.717) is 40.2 Å². The molecule has 1 aliphatic heterocycles. The Bertz CT molecular complexity index is 1160. The van der Waals surface area contributed by atoms with Gasteiger partial charge in [-0.2, -0.15) is 0 Å². The molecule has 1 aromatic carbocycles. The van der Waals surface area contributed by atoms with Crippen LogP contribution in [-0.2, 0) is 6.42 Å². The molecule has 0 spiro atoms. The summed E-state index contributed by atoms with van der Waals surface area (Å²) in [5, 5.41) is 19.6. The van der Waals surface area contributed by atoms with Gasteiger partial charge in [-0.1, -0.05) is 24.3 Å². The van der Waals surface area contributed by atoms with Gasteiger partial charge in [0.2, 0.25) is 0 Å². The van der Waals surface area contributed by atoms with Gasteiger partial charge in [-0.3, -0.25) is 4.79 Å². The maximum absolute atomic E-state index is 12.1. The van der Waals surface area contributed by atoms with Crippen molar-refractivity contribution in [2.45, 2.75) is 13.3 Å². The van der Waals surface area contributed by atoms with Gasteiger partial charge in [-0.25, -0.2) is 4.79 Å². The number of benzene rings is 2. The number of aryl methyl sites for hydroxylation is 1. The first-order chi connectivity index (χ1) is 13.0. The number of carbonyl (C=O) groups is 1. The van der Waals surface area contributed by atoms with E-state index in [1.165, 1.54) is 12.1 Å². The molecule has 3 aliphatic rings. The molecule has 0 unspecified atom stereocenters. The van der Waals surface area contributed by atoms with Crippen molar-refractivity contribution in [2.24, 2.45) is 0 Å². The number of carboxylic acid groups (broad SMARTS) is 1. The van der Waals surface area contributed by atoms with Gasteiger partial charge >= 0.3 is 5.97 Å². The molecule has 134 valence electrons. The predicted octanol–water partition coefficient (Wildman–Crippen LogP) is 4.43. The summed E-state index contributed by atoms with van der Waals surface area (Å²) in [5.74, 6) is -0.245. The molecule has 4 rings (SSSR count). The Morgan fingerprint density at radius 1 is 1.15 bits per heavy atom. The predicted molar refractivity (Wildman–Crippen MR) is 102 cm³/mol. The van der Waals surface area contributed by atoms with Crippen LogP contribution >= 0.6 is 0 Å². The summed E-state index contributed by atoms with van der Waals surface area (Å²) in [4.78, 5) is 23.9. The summed E-state index contributed by atoms with van der Waals surface area (Å²) in [6.07, 6.45) is 5.30. The van der Waals surface area contributed by atoms with Crippen molar-refractivity contribution < 1.29 is 19.4 Å². The summed E-state index contributed by atoms with van der Waals surface area (Å²) >= 11 is 0. The van der Waals surface area contributed by atoms with E-state index in [9.17, 15) is 19.8 Å². The van der Waals surface area contributed by atoms with Crippen LogP contribution in [-0.4, -0.2) is 16.2 Å². The second-order valence-electron chi connectivity index (χ2n) is 6.46. The lowest BCUT2D eigenvalue weighted by atomic mass is 9.87. The lowest BCUT2D eigenvalue weighted by Crippen LogP contribution is -2.08. The highest BCUT2D eigenvalue weighted by molar-refractivity contribution is 6.00. The first-order valence-corrected chi connectivity index (χ1v) is 8.46. The summed E-state index contributed by atoms with van der Waals surface area (Å²) in [7, 11) is 0. The van der Waals surface area contributed by atoms with Crippen molar-refractivity contribution in [1.82, 2.24) is 0 Å². The zero-order chi connectivity index (χ0) is 19.1. The van der Waals surface area contributed by atoms with Gasteiger partial charge < -0.3 is 14.6 Å². The monoisotopic (exact) mass is 360 g/mol. The molecule has 2 N–H and O–H groups in total. The molecule has 0 bridgehead atoms. The van der Waals surface area contributed by atoms with E-state index in [0.717, 1.165) is 5.56 Å². The van der Waals surface area contributed by atoms with Crippen LogP contribution in [0.25, 0.3) is 28.5 Å². The number of aliphatic hydroxyl groups is 1. The van der Waals surface area contributed by atoms with Gasteiger partial charge in [0, 0.05) is 28.8 Å². The largest absolute Gasteiger partial charge is 0.508 e. The van der Waals surface area contributed by atoms with Crippen LogP contribution in [0, 0.1) is 6.92 Å². The molecular weight excluding hydrogens is 344 g/mol. The first-order valence-electron chi connectivity index (χ1n) is 8.46. The normalized spacial score (nSPS) is 13.1. The van der Waals surface area contributed by atoms with Gasteiger partial charge in [-0.15, -0.1) is 0 Å². The molecule has 0 saturated heterocycles. The van der Waals surface area contributed by atoms with Gasteiger partial charge in [0.25, 0.3) is 0 Å². The van der Waals surface area contributed by atoms with E-state index in [-0.39, 0.29) is 16.8 Å². The molecule has 1 heterocycles. The Balaban J connectivity index is 2.19. The lowest BCUT2D eigenvalue weighted by molar-refractivity contribution is 0.0697. The Labute approximate surface area is 154 Å². The maximum Gasteiger partial charge on any atom is 0.336 e. The van der Waals surface area contributed by atoms with Crippen LogP contribution in [0.1, 0.15) is 27.2 Å². The van der Waals surface area contributed by atoms with Crippen molar-refractivity contribution in [1.29, 1.82) is 0 Å². The fourth-order valence-corrected chi connectivity index (χ4v) is 3.41. The summed E-state index contributed by atoms with van der Waals surface area (Å²) < 4.78 is 5.91. The van der Waals surface area contributed by atoms with Crippen LogP contribution in [0.15, 0.2) is 63.5 Å². The maximum atomic E-state index is 12.1. The molecular formula is C22H16O5. The van der Waals surface area contributed by atoms with E-state index < -0.39 is 5.97 Å². The highest BCUT2D eigenvalue weighted by Crippen LogP contribution is 2.41. The molecule has 0 fully saturated rings. The summed E-state index contributed by atoms with van der Waals surface area (Å²) in [6, 6.07) is 9.88. The number of carboxylic acids is 1. The zero-order valence-electron chi connectivity index (χ0n) is 14.5. The fraction of sp³-hybridized carbons (Fsp3) is 0.0909. The molecule has 5 nitrogen and oxygen atoms in total. The minimum atomic E-state index is -1.03. The third-order valence-electron chi connectivity index (χ3n) is 4.68. The fourth-order valence-electron chi connectivity index (χ4n) is 3.41. The number of aromatic carboxylic acids is 1. The second-order valence-corrected chi connectivity index (χ2v) is 6.46. The van der Waals surface area contributed by atoms with E-state index in [2.05, 4.69) is 0 Å². The van der Waals surface area contributed by atoms with E-state index >= 15 is 0 Å². The number of allylic oxidation sites excluding steroid dienone is 2. The Kier molecular flexibility index (Phi) is 3.92. The quantitative estimate of drug-likeness (QED) is 0.706. The van der Waals surface area contributed by atoms with Gasteiger partial charge in [0.15, 0.2) is 5.43 Å². The molecule has 5 heteroatoms. The van der Waals surface area contributed by atoms with Crippen molar-refractivity contribution in [3.8, 4) is 22.5 Å². The standard InChI is InChI=1S/C22H16O5/c1-12-9-17-20(11-18(12)24)27-19-10-13(23)5-4-8-16(19)21(17)14-6-2-3-7-15(14)22(25)26/h2-7,9-11,23H,8H2,1H3,(H,25,26). The van der Waals surface area contributed by atoms with Crippen molar-refractivity contribution in [2.75, 3.05) is 0 Å². The third kappa shape index (κ3) is 2.83. The van der Waals surface area contributed by atoms with Crippen LogP contribution in [0.5, 0.6) is 0 Å². The molecule has 2 aliphatic carbocycles. The number of hydrogen-bond acceptors (Lipinski definition) is 4. The first kappa shape index (κ1) is 16.8. The molecule has 0 saturated carbocycles. The molecule has 0 radical (unpaired) electrons. The molecule has 27 heavy (non-hydrogen) atoms. The molecule has 0 atom stereocenters. The van der Waals surface area contributed by atoms with Gasteiger partial charge in [0.1, 0.15) is 17.3 Å². The number of hydrogen-bond donors (Lipinski definition) is 2. The molecule has 0 aromatic heterocycles. The number of rotatable bonds is 2. The summed E-state index contributed by atoms with van der Waals surface area (Å²) in [5.41, 5.74) is 3.22. The van der Waals surface area contributed by atoms with E-state index in [1.807, 2.05) is 0 Å². The number of aliphatic hydroxyl groups excluding tert-OH is 1. The minimum absolute atomic E-state index is 0.0313. The smallest absolute Gasteiger partial charge is 0.336 e. The average Bonchev–Trinajstić information content (AvgIpc) is 2.81. The minimum Gasteiger partial charge on any atom is -0.508 e. The zero-order valence-corrected chi connectivity index (χ0v) is 14.5. The van der Waals surface area contributed by atoms with Crippen LogP contribution < -0.4 is 5.43 Å². The van der Waals surface area contributed by atoms with Gasteiger partial charge in [-0.05, 0) is 42.7 Å². The summed E-state index contributed by atoms with van der Waals surface area (Å²) in [6.45, 7) is 1.71. The highest BCUT2D eigenvalue weighted by atomic mass is 16.4. The molecule has 0 amide bonds. The third-order valence-corrected chi connectivity index (χ3v) is 4.68. The van der Waals surface area contributed by atoms with E-state index in [1.54, 1.807) is 49.4 Å². The van der Waals surface area contributed by atoms with Crippen LogP contribution in [0.3, 0.4) is 0 Å². The molecule has 1 aromatic rings. The topological polar surface area (TPSA) is 87.7 Å². The van der Waals surface area contributed by atoms with E-state index in [4.69, 9.17) is 4.42 Å². The van der Waals surface area contributed by atoms with Crippen LogP contribution in [0.2, 0.25) is 0 Å². The Morgan fingerprint density at radius 3 is 2.70 bits per heavy atom. The number of fused-ring (bicyclic) bond motifs is 2. The SMILES string of the molecule is Cc1cc2c(-c3ccccc3C(=O)O)c3c(oc-2cc1=O)C=C(O)C=CC3. The lowest BCUT2D eigenvalue weighted by Gasteiger charge is -2.19. The van der Waals surface area contributed by atoms with Gasteiger partial charge in [0.05, 0.1) is 5.56 Å². The average molecular weight is 360 g/mol. The van der Waals surface area contributed by atoms with Crippen molar-refractivity contribution in [3.05, 3.63) is 87.0 Å². The van der Waals surface area contributed by atoms with Crippen molar-refractivity contribution in [3.63, 3.8) is 0 Å². The van der Waals surface area contributed by atoms with Crippen LogP contribution in [0.4, 0.5) is 0 Å². The Hall–Kier alpha value is -3.60. The second kappa shape index (κ2) is 6.29. The highest BCUT2D eigenvalue weighted by Gasteiger charge is 2.25. The Morgan fingerprint density at radius 2 is 1.93 bits per heavy atom.